The fourth-order valence-electron chi connectivity index (χ4n) is 2.06. The lowest BCUT2D eigenvalue weighted by Crippen LogP contribution is -2.20. The van der Waals surface area contributed by atoms with Crippen LogP contribution in [0.25, 0.3) is 0 Å². The summed E-state index contributed by atoms with van der Waals surface area (Å²) in [5.41, 5.74) is 1.72. The van der Waals surface area contributed by atoms with E-state index >= 15 is 0 Å². The van der Waals surface area contributed by atoms with Crippen molar-refractivity contribution in [2.75, 3.05) is 5.32 Å². The van der Waals surface area contributed by atoms with Gasteiger partial charge in [-0.15, -0.1) is 0 Å². The maximum Gasteiger partial charge on any atom is 0.274 e. The van der Waals surface area contributed by atoms with E-state index in [0.717, 1.165) is 24.9 Å². The Balaban J connectivity index is 2.13. The minimum atomic E-state index is -0.332. The van der Waals surface area contributed by atoms with E-state index in [-0.39, 0.29) is 10.6 Å². The number of nitro benzene ring substituents is 1. The Kier molecular flexibility index (Phi) is 3.42. The molecule has 0 saturated heterocycles. The van der Waals surface area contributed by atoms with E-state index < -0.39 is 0 Å². The van der Waals surface area contributed by atoms with Crippen LogP contribution in [-0.4, -0.2) is 11.0 Å². The Morgan fingerprint density at radius 2 is 2.24 bits per heavy atom. The summed E-state index contributed by atoms with van der Waals surface area (Å²) in [4.78, 5) is 10.5. The van der Waals surface area contributed by atoms with Crippen molar-refractivity contribution < 1.29 is 4.92 Å². The zero-order chi connectivity index (χ0) is 12.3. The Morgan fingerprint density at radius 1 is 1.41 bits per heavy atom. The van der Waals surface area contributed by atoms with Crippen molar-refractivity contribution in [3.8, 4) is 0 Å². The van der Waals surface area contributed by atoms with Crippen molar-refractivity contribution in [1.82, 2.24) is 0 Å². The van der Waals surface area contributed by atoms with Crippen LogP contribution in [0, 0.1) is 17.0 Å². The van der Waals surface area contributed by atoms with Gasteiger partial charge >= 0.3 is 0 Å². The number of aryl methyl sites for hydroxylation is 1. The molecule has 1 aliphatic carbocycles. The van der Waals surface area contributed by atoms with Gasteiger partial charge in [0.2, 0.25) is 0 Å². The van der Waals surface area contributed by atoms with E-state index in [2.05, 4.69) is 17.5 Å². The van der Waals surface area contributed by atoms with Gasteiger partial charge in [-0.2, -0.15) is 0 Å². The first kappa shape index (κ1) is 11.6. The molecule has 1 aliphatic rings. The van der Waals surface area contributed by atoms with Crippen LogP contribution in [-0.2, 0) is 0 Å². The average Bonchev–Trinajstić information content (AvgIpc) is 2.32. The number of hydrogen-bond donors (Lipinski definition) is 1. The number of nitrogens with zero attached hydrogens (tertiary/aromatic N) is 1. The molecule has 1 unspecified atom stereocenters. The molecule has 0 saturated carbocycles. The first-order chi connectivity index (χ1) is 8.16. The summed E-state index contributed by atoms with van der Waals surface area (Å²) >= 11 is 0. The maximum absolute atomic E-state index is 10.8. The standard InChI is InChI=1S/C13H16N2O2/c1-10-7-8-12(9-13(10)15(16)17)14-11-5-3-2-4-6-11/h2-3,7-9,11,14H,4-6H2,1H3. The molecule has 0 spiro atoms. The van der Waals surface area contributed by atoms with Crippen molar-refractivity contribution >= 4 is 11.4 Å². The van der Waals surface area contributed by atoms with Crippen LogP contribution >= 0.6 is 0 Å². The van der Waals surface area contributed by atoms with Gasteiger partial charge in [-0.3, -0.25) is 10.1 Å². The van der Waals surface area contributed by atoms with Crippen LogP contribution in [0.15, 0.2) is 30.4 Å². The first-order valence-corrected chi connectivity index (χ1v) is 5.83. The van der Waals surface area contributed by atoms with Crippen molar-refractivity contribution in [3.05, 3.63) is 46.0 Å². The third-order valence-corrected chi connectivity index (χ3v) is 3.05. The summed E-state index contributed by atoms with van der Waals surface area (Å²) in [6.45, 7) is 1.76. The second-order valence-corrected chi connectivity index (χ2v) is 4.38. The summed E-state index contributed by atoms with van der Waals surface area (Å²) in [6.07, 6.45) is 7.48. The lowest BCUT2D eigenvalue weighted by molar-refractivity contribution is -0.385. The molecular formula is C13H16N2O2. The normalized spacial score (nSPS) is 19.0. The molecule has 1 N–H and O–H groups in total. The molecule has 0 heterocycles. The van der Waals surface area contributed by atoms with Crippen LogP contribution in [0.5, 0.6) is 0 Å². The van der Waals surface area contributed by atoms with Gasteiger partial charge in [-0.05, 0) is 32.3 Å². The highest BCUT2D eigenvalue weighted by Crippen LogP contribution is 2.24. The Hall–Kier alpha value is -1.84. The van der Waals surface area contributed by atoms with Gasteiger partial charge in [0.05, 0.1) is 4.92 Å². The zero-order valence-electron chi connectivity index (χ0n) is 9.85. The van der Waals surface area contributed by atoms with Crippen LogP contribution in [0.3, 0.4) is 0 Å². The molecule has 1 aromatic rings. The number of nitro groups is 1. The molecule has 0 radical (unpaired) electrons. The zero-order valence-corrected chi connectivity index (χ0v) is 9.85. The van der Waals surface area contributed by atoms with Crippen molar-refractivity contribution in [2.45, 2.75) is 32.2 Å². The minimum Gasteiger partial charge on any atom is -0.382 e. The van der Waals surface area contributed by atoms with E-state index in [1.165, 1.54) is 0 Å². The average molecular weight is 232 g/mol. The molecule has 0 amide bonds. The van der Waals surface area contributed by atoms with Crippen LogP contribution in [0.1, 0.15) is 24.8 Å². The van der Waals surface area contributed by atoms with Gasteiger partial charge in [0.1, 0.15) is 0 Å². The van der Waals surface area contributed by atoms with Crippen LogP contribution < -0.4 is 5.32 Å². The highest BCUT2D eigenvalue weighted by atomic mass is 16.6. The smallest absolute Gasteiger partial charge is 0.274 e. The largest absolute Gasteiger partial charge is 0.382 e. The third kappa shape index (κ3) is 2.84. The van der Waals surface area contributed by atoms with Gasteiger partial charge in [0.25, 0.3) is 5.69 Å². The predicted octanol–water partition coefficient (Wildman–Crippen LogP) is 3.42. The summed E-state index contributed by atoms with van der Waals surface area (Å²) in [5.74, 6) is 0. The van der Waals surface area contributed by atoms with E-state index in [1.54, 1.807) is 19.1 Å². The van der Waals surface area contributed by atoms with E-state index in [0.29, 0.717) is 11.6 Å². The van der Waals surface area contributed by atoms with Crippen molar-refractivity contribution in [1.29, 1.82) is 0 Å². The Bertz CT molecular complexity index is 455. The van der Waals surface area contributed by atoms with Crippen LogP contribution in [0.2, 0.25) is 0 Å². The maximum atomic E-state index is 10.8. The molecule has 0 aliphatic heterocycles. The molecule has 4 heteroatoms. The molecule has 90 valence electrons. The predicted molar refractivity (Wildman–Crippen MR) is 68.2 cm³/mol. The lowest BCUT2D eigenvalue weighted by Gasteiger charge is -2.20. The molecule has 0 bridgehead atoms. The molecule has 1 aromatic carbocycles. The fraction of sp³-hybridized carbons (Fsp3) is 0.385. The number of anilines is 1. The van der Waals surface area contributed by atoms with E-state index in [9.17, 15) is 10.1 Å². The molecular weight excluding hydrogens is 216 g/mol. The Morgan fingerprint density at radius 3 is 2.88 bits per heavy atom. The number of nitrogens with one attached hydrogen (secondary N) is 1. The molecule has 0 fully saturated rings. The van der Waals surface area contributed by atoms with Gasteiger partial charge in [0, 0.05) is 23.4 Å². The number of rotatable bonds is 3. The van der Waals surface area contributed by atoms with E-state index in [1.807, 2.05) is 6.07 Å². The summed E-state index contributed by atoms with van der Waals surface area (Å²) in [6, 6.07) is 5.70. The molecule has 1 atom stereocenters. The van der Waals surface area contributed by atoms with Crippen molar-refractivity contribution in [2.24, 2.45) is 0 Å². The summed E-state index contributed by atoms with van der Waals surface area (Å²) in [7, 11) is 0. The molecule has 0 aromatic heterocycles. The fourth-order valence-corrected chi connectivity index (χ4v) is 2.06. The number of allylic oxidation sites excluding steroid dienone is 1. The highest BCUT2D eigenvalue weighted by molar-refractivity contribution is 5.55. The highest BCUT2D eigenvalue weighted by Gasteiger charge is 2.14. The second kappa shape index (κ2) is 4.99. The van der Waals surface area contributed by atoms with Gasteiger partial charge in [0.15, 0.2) is 0 Å². The minimum absolute atomic E-state index is 0.182. The van der Waals surface area contributed by atoms with Crippen LogP contribution in [0.4, 0.5) is 11.4 Å². The number of hydrogen-bond acceptors (Lipinski definition) is 3. The van der Waals surface area contributed by atoms with Crippen molar-refractivity contribution in [3.63, 3.8) is 0 Å². The van der Waals surface area contributed by atoms with Gasteiger partial charge in [-0.25, -0.2) is 0 Å². The Labute approximate surface area is 100 Å². The topological polar surface area (TPSA) is 55.2 Å². The summed E-state index contributed by atoms with van der Waals surface area (Å²) < 4.78 is 0. The summed E-state index contributed by atoms with van der Waals surface area (Å²) in [5, 5.41) is 14.2. The first-order valence-electron chi connectivity index (χ1n) is 5.83. The van der Waals surface area contributed by atoms with Gasteiger partial charge in [-0.1, -0.05) is 18.2 Å². The molecule has 4 nitrogen and oxygen atoms in total. The quantitative estimate of drug-likeness (QED) is 0.493. The SMILES string of the molecule is Cc1ccc(NC2CC=CCC2)cc1[N+](=O)[O-]. The lowest BCUT2D eigenvalue weighted by atomic mass is 10.0. The molecule has 2 rings (SSSR count). The third-order valence-electron chi connectivity index (χ3n) is 3.05. The second-order valence-electron chi connectivity index (χ2n) is 4.38. The van der Waals surface area contributed by atoms with E-state index in [4.69, 9.17) is 0 Å². The monoisotopic (exact) mass is 232 g/mol. The number of benzene rings is 1. The van der Waals surface area contributed by atoms with Gasteiger partial charge < -0.3 is 5.32 Å². The molecule has 17 heavy (non-hydrogen) atoms.